The lowest BCUT2D eigenvalue weighted by atomic mass is 10.1. The van der Waals surface area contributed by atoms with Gasteiger partial charge in [-0.05, 0) is 66.9 Å². The van der Waals surface area contributed by atoms with E-state index < -0.39 is 5.79 Å². The topological polar surface area (TPSA) is 95.6 Å². The maximum absolute atomic E-state index is 6.58. The second kappa shape index (κ2) is 13.5. The number of nitrogens with zero attached hydrogens (tertiary/aromatic N) is 8. The maximum atomic E-state index is 6.58. The van der Waals surface area contributed by atoms with Crippen LogP contribution in [-0.4, -0.2) is 81.3 Å². The van der Waals surface area contributed by atoms with Crippen molar-refractivity contribution < 1.29 is 14.2 Å². The Kier molecular flexibility index (Phi) is 9.05. The zero-order valence-corrected chi connectivity index (χ0v) is 27.4. The lowest BCUT2D eigenvalue weighted by Gasteiger charge is -2.37. The number of halogens is 2. The molecule has 0 N–H and O–H groups in total. The molecule has 0 spiro atoms. The zero-order chi connectivity index (χ0) is 31.5. The number of piperazine rings is 1. The van der Waals surface area contributed by atoms with E-state index in [-0.39, 0.29) is 12.6 Å². The number of thioether (sulfide) groups is 1. The van der Waals surface area contributed by atoms with Gasteiger partial charge < -0.3 is 24.0 Å². The minimum atomic E-state index is -1.15. The summed E-state index contributed by atoms with van der Waals surface area (Å²) >= 11 is 14.3. The smallest absolute Gasteiger partial charge is 0.217 e. The van der Waals surface area contributed by atoms with Gasteiger partial charge in [-0.1, -0.05) is 41.0 Å². The first-order valence-corrected chi connectivity index (χ1v) is 16.8. The van der Waals surface area contributed by atoms with Gasteiger partial charge in [0.15, 0.2) is 0 Å². The summed E-state index contributed by atoms with van der Waals surface area (Å²) in [6, 6.07) is 22.0. The van der Waals surface area contributed by atoms with Gasteiger partial charge in [-0.2, -0.15) is 5.10 Å². The van der Waals surface area contributed by atoms with Crippen LogP contribution in [0.3, 0.4) is 0 Å². The Labute approximate surface area is 281 Å². The quantitative estimate of drug-likeness (QED) is 0.175. The fourth-order valence-corrected chi connectivity index (χ4v) is 6.60. The third-order valence-electron chi connectivity index (χ3n) is 8.09. The molecule has 2 fully saturated rings. The number of ether oxygens (including phenoxy) is 3. The van der Waals surface area contributed by atoms with Crippen molar-refractivity contribution in [2.45, 2.75) is 23.6 Å². The van der Waals surface area contributed by atoms with E-state index in [1.807, 2.05) is 24.5 Å². The van der Waals surface area contributed by atoms with Gasteiger partial charge in [-0.3, -0.25) is 0 Å². The van der Waals surface area contributed by atoms with Crippen LogP contribution in [0.4, 0.5) is 11.4 Å². The second-order valence-corrected chi connectivity index (χ2v) is 12.6. The number of aromatic nitrogens is 6. The molecule has 238 valence electrons. The summed E-state index contributed by atoms with van der Waals surface area (Å²) in [5.41, 5.74) is 4.05. The van der Waals surface area contributed by atoms with Crippen LogP contribution in [-0.2, 0) is 21.8 Å². The number of hydrogen-bond acceptors (Lipinski definition) is 10. The Bertz CT molecular complexity index is 1750. The van der Waals surface area contributed by atoms with Crippen LogP contribution < -0.4 is 14.5 Å². The highest BCUT2D eigenvalue weighted by atomic mass is 35.5. The van der Waals surface area contributed by atoms with E-state index in [4.69, 9.17) is 37.4 Å². The highest BCUT2D eigenvalue weighted by Gasteiger charge is 2.45. The van der Waals surface area contributed by atoms with Gasteiger partial charge in [-0.15, -0.1) is 5.10 Å². The third-order valence-corrected chi connectivity index (χ3v) is 9.19. The molecule has 2 aliphatic rings. The normalized spacial score (nSPS) is 19.9. The van der Waals surface area contributed by atoms with Crippen molar-refractivity contribution in [1.82, 2.24) is 29.5 Å². The molecule has 0 radical (unpaired) electrons. The van der Waals surface area contributed by atoms with Crippen LogP contribution in [0, 0.1) is 0 Å². The molecule has 2 saturated heterocycles. The van der Waals surface area contributed by atoms with Crippen LogP contribution in [0.5, 0.6) is 5.75 Å². The van der Waals surface area contributed by atoms with E-state index in [1.54, 1.807) is 34.2 Å². The van der Waals surface area contributed by atoms with Crippen LogP contribution in [0.1, 0.15) is 5.56 Å². The molecule has 0 bridgehead atoms. The highest BCUT2D eigenvalue weighted by Crippen LogP contribution is 2.40. The van der Waals surface area contributed by atoms with Crippen LogP contribution >= 0.6 is 35.0 Å². The molecule has 2 aliphatic heterocycles. The molecule has 14 heteroatoms. The van der Waals surface area contributed by atoms with Crippen molar-refractivity contribution in [3.8, 4) is 11.4 Å². The molecule has 2 atom stereocenters. The Morgan fingerprint density at radius 3 is 2.24 bits per heavy atom. The molecule has 0 amide bonds. The van der Waals surface area contributed by atoms with Gasteiger partial charge >= 0.3 is 0 Å². The van der Waals surface area contributed by atoms with Gasteiger partial charge in [0.2, 0.25) is 10.9 Å². The van der Waals surface area contributed by atoms with E-state index in [1.165, 1.54) is 29.5 Å². The first-order valence-electron chi connectivity index (χ1n) is 14.9. The van der Waals surface area contributed by atoms with E-state index in [0.29, 0.717) is 28.8 Å². The third kappa shape index (κ3) is 6.67. The molecule has 46 heavy (non-hydrogen) atoms. The Morgan fingerprint density at radius 2 is 1.61 bits per heavy atom. The minimum Gasteiger partial charge on any atom is -0.491 e. The van der Waals surface area contributed by atoms with Crippen molar-refractivity contribution in [3.05, 3.63) is 101 Å². The van der Waals surface area contributed by atoms with Gasteiger partial charge in [0.05, 0.1) is 17.3 Å². The van der Waals surface area contributed by atoms with Crippen molar-refractivity contribution in [1.29, 1.82) is 0 Å². The van der Waals surface area contributed by atoms with Crippen LogP contribution in [0.15, 0.2) is 90.9 Å². The van der Waals surface area contributed by atoms with Gasteiger partial charge in [0, 0.05) is 48.1 Å². The Morgan fingerprint density at radius 1 is 0.913 bits per heavy atom. The molecule has 7 rings (SSSR count). The highest BCUT2D eigenvalue weighted by molar-refractivity contribution is 7.98. The molecule has 0 aliphatic carbocycles. The first kappa shape index (κ1) is 30.8. The number of benzene rings is 3. The predicted molar refractivity (Wildman–Crippen MR) is 178 cm³/mol. The molecule has 11 nitrogen and oxygen atoms in total. The second-order valence-electron chi connectivity index (χ2n) is 11.0. The summed E-state index contributed by atoms with van der Waals surface area (Å²) in [4.78, 5) is 13.2. The molecule has 2 unspecified atom stereocenters. The van der Waals surface area contributed by atoms with Crippen molar-refractivity contribution in [2.24, 2.45) is 0 Å². The molecule has 4 heterocycles. The predicted octanol–water partition coefficient (Wildman–Crippen LogP) is 5.56. The van der Waals surface area contributed by atoms with E-state index in [0.717, 1.165) is 42.8 Å². The van der Waals surface area contributed by atoms with Crippen LogP contribution in [0.2, 0.25) is 10.0 Å². The number of anilines is 2. The van der Waals surface area contributed by atoms with Gasteiger partial charge in [0.1, 0.15) is 44.0 Å². The average Bonchev–Trinajstić information content (AvgIpc) is 3.87. The Hall–Kier alpha value is -3.81. The molecular weight excluding hydrogens is 647 g/mol. The van der Waals surface area contributed by atoms with Crippen molar-refractivity contribution in [3.63, 3.8) is 0 Å². The summed E-state index contributed by atoms with van der Waals surface area (Å²) in [6.07, 6.45) is 6.49. The van der Waals surface area contributed by atoms with E-state index >= 15 is 0 Å². The standard InChI is InChI=1S/C32H32Cl2N8O3S/c1-46-31-36-22-42(38-31)26-5-3-24(4-6-26)39-12-14-40(15-13-39)25-7-9-27(10-8-25)43-17-28-18-44-32(45-28,19-41-21-35-20-37-41)29-11-2-23(33)16-30(29)34/h2-11,16,20-22,28H,12-15,17-19H2,1H3. The Balaban J connectivity index is 0.927. The molecule has 2 aromatic heterocycles. The van der Waals surface area contributed by atoms with Crippen LogP contribution in [0.25, 0.3) is 5.69 Å². The minimum absolute atomic E-state index is 0.278. The summed E-state index contributed by atoms with van der Waals surface area (Å²) < 4.78 is 22.3. The van der Waals surface area contributed by atoms with Gasteiger partial charge in [0.25, 0.3) is 0 Å². The molecule has 0 saturated carbocycles. The lowest BCUT2D eigenvalue weighted by molar-refractivity contribution is -0.190. The van der Waals surface area contributed by atoms with E-state index in [2.05, 4.69) is 66.4 Å². The fraction of sp³-hybridized carbons (Fsp3) is 0.312. The number of hydrogen-bond donors (Lipinski definition) is 0. The average molecular weight is 680 g/mol. The number of rotatable bonds is 10. The van der Waals surface area contributed by atoms with Crippen molar-refractivity contribution >= 4 is 46.3 Å². The summed E-state index contributed by atoms with van der Waals surface area (Å²) in [6.45, 7) is 4.65. The summed E-state index contributed by atoms with van der Waals surface area (Å²) in [5.74, 6) is -0.381. The fourth-order valence-electron chi connectivity index (χ4n) is 5.73. The molecule has 5 aromatic rings. The lowest BCUT2D eigenvalue weighted by Crippen LogP contribution is -2.46. The van der Waals surface area contributed by atoms with Crippen molar-refractivity contribution in [2.75, 3.05) is 55.4 Å². The maximum Gasteiger partial charge on any atom is 0.217 e. The molecular formula is C32H32Cl2N8O3S. The summed E-state index contributed by atoms with van der Waals surface area (Å²) in [5, 5.41) is 10.5. The zero-order valence-electron chi connectivity index (χ0n) is 25.1. The van der Waals surface area contributed by atoms with E-state index in [9.17, 15) is 0 Å². The van der Waals surface area contributed by atoms with Gasteiger partial charge in [-0.25, -0.2) is 19.3 Å². The summed E-state index contributed by atoms with van der Waals surface area (Å²) in [7, 11) is 0. The first-order chi connectivity index (χ1) is 22.5. The molecule has 3 aromatic carbocycles. The monoisotopic (exact) mass is 678 g/mol. The largest absolute Gasteiger partial charge is 0.491 e. The SMILES string of the molecule is CSc1ncn(-c2ccc(N3CCN(c4ccc(OCC5COC(Cn6cncn6)(c6ccc(Cl)cc6Cl)O5)cc4)CC3)cc2)n1.